The molecule has 1 N–H and O–H groups in total. The van der Waals surface area contributed by atoms with Crippen LogP contribution in [0.5, 0.6) is 0 Å². The summed E-state index contributed by atoms with van der Waals surface area (Å²) >= 11 is 2.02. The molecule has 0 saturated heterocycles. The van der Waals surface area contributed by atoms with E-state index in [9.17, 15) is 0 Å². The minimum Gasteiger partial charge on any atom is -0.315 e. The van der Waals surface area contributed by atoms with Gasteiger partial charge in [-0.3, -0.25) is 0 Å². The fraction of sp³-hybridized carbons (Fsp3) is 0.800. The van der Waals surface area contributed by atoms with Gasteiger partial charge in [0.15, 0.2) is 0 Å². The van der Waals surface area contributed by atoms with Crippen molar-refractivity contribution >= 4 is 11.3 Å². The number of hydrogen-bond donors (Lipinski definition) is 1. The maximum Gasteiger partial charge on any atom is 0.0965 e. The zero-order chi connectivity index (χ0) is 12.1. The minimum absolute atomic E-state index is 0.803. The largest absolute Gasteiger partial charge is 0.315 e. The molecule has 3 fully saturated rings. The van der Waals surface area contributed by atoms with Crippen molar-refractivity contribution in [1.29, 1.82) is 0 Å². The van der Waals surface area contributed by atoms with Crippen LogP contribution in [0.1, 0.15) is 65.9 Å². The van der Waals surface area contributed by atoms with Gasteiger partial charge in [-0.05, 0) is 51.0 Å². The van der Waals surface area contributed by atoms with Gasteiger partial charge >= 0.3 is 0 Å². The monoisotopic (exact) mass is 262 g/mol. The highest BCUT2D eigenvalue weighted by Crippen LogP contribution is 2.54. The molecular formula is C15H22N2S. The van der Waals surface area contributed by atoms with Crippen LogP contribution in [-0.4, -0.2) is 12.0 Å². The number of aromatic nitrogens is 1. The Labute approximate surface area is 113 Å². The first-order chi connectivity index (χ1) is 8.85. The molecule has 3 unspecified atom stereocenters. The van der Waals surface area contributed by atoms with Gasteiger partial charge in [0.05, 0.1) is 10.7 Å². The average molecular weight is 262 g/mol. The van der Waals surface area contributed by atoms with Gasteiger partial charge in [-0.15, -0.1) is 11.3 Å². The maximum absolute atomic E-state index is 5.07. The van der Waals surface area contributed by atoms with E-state index in [0.717, 1.165) is 30.2 Å². The van der Waals surface area contributed by atoms with E-state index in [0.29, 0.717) is 0 Å². The van der Waals surface area contributed by atoms with Crippen molar-refractivity contribution in [1.82, 2.24) is 10.3 Å². The molecule has 1 aromatic heterocycles. The second kappa shape index (κ2) is 4.31. The molecule has 3 saturated carbocycles. The Bertz CT molecular complexity index is 449. The normalized spacial score (nSPS) is 34.4. The first-order valence-corrected chi connectivity index (χ1v) is 8.31. The first kappa shape index (κ1) is 11.4. The van der Waals surface area contributed by atoms with Crippen molar-refractivity contribution in [2.24, 2.45) is 11.8 Å². The highest BCUT2D eigenvalue weighted by molar-refractivity contribution is 7.11. The number of nitrogens with zero attached hydrogens (tertiary/aromatic N) is 1. The fourth-order valence-corrected chi connectivity index (χ4v) is 5.42. The van der Waals surface area contributed by atoms with E-state index < -0.39 is 0 Å². The standard InChI is InChI=1S/C15H22N2S/c1-16-8-13-14(10-4-5-10)17-15(18-13)12-7-9-2-3-11(12)6-9/h9-12,16H,2-8H2,1H3. The summed E-state index contributed by atoms with van der Waals surface area (Å²) in [5.74, 6) is 3.62. The Balaban J connectivity index is 1.62. The number of hydrogen-bond acceptors (Lipinski definition) is 3. The van der Waals surface area contributed by atoms with Gasteiger partial charge in [0.1, 0.15) is 0 Å². The van der Waals surface area contributed by atoms with Crippen molar-refractivity contribution in [3.8, 4) is 0 Å². The summed E-state index contributed by atoms with van der Waals surface area (Å²) in [5, 5.41) is 4.80. The average Bonchev–Trinajstić information content (AvgIpc) is 2.85. The molecule has 0 aliphatic heterocycles. The summed E-state index contributed by atoms with van der Waals surface area (Å²) in [5.41, 5.74) is 1.45. The van der Waals surface area contributed by atoms with Gasteiger partial charge in [-0.2, -0.15) is 0 Å². The lowest BCUT2D eigenvalue weighted by Crippen LogP contribution is -2.08. The summed E-state index contributed by atoms with van der Waals surface area (Å²) in [6.45, 7) is 1.02. The second-order valence-electron chi connectivity index (χ2n) is 6.45. The summed E-state index contributed by atoms with van der Waals surface area (Å²) < 4.78 is 0. The molecule has 0 spiro atoms. The summed E-state index contributed by atoms with van der Waals surface area (Å²) in [6.07, 6.45) is 8.62. The zero-order valence-electron chi connectivity index (χ0n) is 11.1. The van der Waals surface area contributed by atoms with Gasteiger partial charge < -0.3 is 5.32 Å². The van der Waals surface area contributed by atoms with Crippen LogP contribution < -0.4 is 5.32 Å². The minimum atomic E-state index is 0.803. The molecule has 3 aliphatic rings. The number of thiazole rings is 1. The highest BCUT2D eigenvalue weighted by Gasteiger charge is 2.42. The van der Waals surface area contributed by atoms with Crippen molar-refractivity contribution in [3.05, 3.63) is 15.6 Å². The van der Waals surface area contributed by atoms with E-state index >= 15 is 0 Å². The van der Waals surface area contributed by atoms with E-state index in [2.05, 4.69) is 5.32 Å². The molecule has 2 bridgehead atoms. The topological polar surface area (TPSA) is 24.9 Å². The third kappa shape index (κ3) is 1.83. The van der Waals surface area contributed by atoms with Crippen LogP contribution in [0.15, 0.2) is 0 Å². The molecule has 0 aromatic carbocycles. The quantitative estimate of drug-likeness (QED) is 0.896. The molecule has 3 aliphatic carbocycles. The summed E-state index contributed by atoms with van der Waals surface area (Å²) in [4.78, 5) is 6.60. The Morgan fingerprint density at radius 1 is 1.22 bits per heavy atom. The van der Waals surface area contributed by atoms with E-state index in [1.165, 1.54) is 54.1 Å². The Morgan fingerprint density at radius 3 is 2.72 bits per heavy atom. The first-order valence-electron chi connectivity index (χ1n) is 7.49. The van der Waals surface area contributed by atoms with Crippen LogP contribution in [-0.2, 0) is 6.54 Å². The molecule has 0 radical (unpaired) electrons. The Kier molecular flexibility index (Phi) is 2.73. The van der Waals surface area contributed by atoms with Crippen molar-refractivity contribution in [2.45, 2.75) is 56.9 Å². The van der Waals surface area contributed by atoms with E-state index in [-0.39, 0.29) is 0 Å². The van der Waals surface area contributed by atoms with Crippen LogP contribution in [0.25, 0.3) is 0 Å². The number of fused-ring (bicyclic) bond motifs is 2. The van der Waals surface area contributed by atoms with E-state index in [1.54, 1.807) is 0 Å². The fourth-order valence-electron chi connectivity index (χ4n) is 4.05. The van der Waals surface area contributed by atoms with Crippen molar-refractivity contribution in [3.63, 3.8) is 0 Å². The maximum atomic E-state index is 5.07. The van der Waals surface area contributed by atoms with Gasteiger partial charge in [0.25, 0.3) is 0 Å². The van der Waals surface area contributed by atoms with Crippen molar-refractivity contribution in [2.75, 3.05) is 7.05 Å². The van der Waals surface area contributed by atoms with Gasteiger partial charge in [0, 0.05) is 23.3 Å². The van der Waals surface area contributed by atoms with Crippen LogP contribution in [0.4, 0.5) is 0 Å². The van der Waals surface area contributed by atoms with Gasteiger partial charge in [0.2, 0.25) is 0 Å². The molecule has 4 rings (SSSR count). The third-order valence-corrected chi connectivity index (χ3v) is 6.30. The Hall–Kier alpha value is -0.410. The molecule has 3 heteroatoms. The molecule has 98 valence electrons. The second-order valence-corrected chi connectivity index (χ2v) is 7.56. The SMILES string of the molecule is CNCc1sc(C2CC3CCC2C3)nc1C1CC1. The molecular weight excluding hydrogens is 240 g/mol. The van der Waals surface area contributed by atoms with Crippen LogP contribution >= 0.6 is 11.3 Å². The molecule has 0 amide bonds. The number of rotatable bonds is 4. The van der Waals surface area contributed by atoms with E-state index in [4.69, 9.17) is 4.98 Å². The van der Waals surface area contributed by atoms with Crippen LogP contribution in [0, 0.1) is 11.8 Å². The number of nitrogens with one attached hydrogen (secondary N) is 1. The predicted octanol–water partition coefficient (Wildman–Crippen LogP) is 3.64. The van der Waals surface area contributed by atoms with Gasteiger partial charge in [-0.1, -0.05) is 6.42 Å². The molecule has 3 atom stereocenters. The lowest BCUT2D eigenvalue weighted by Gasteiger charge is -2.18. The smallest absolute Gasteiger partial charge is 0.0965 e. The Morgan fingerprint density at radius 2 is 2.11 bits per heavy atom. The van der Waals surface area contributed by atoms with E-state index in [1.807, 2.05) is 18.4 Å². The third-order valence-electron chi connectivity index (χ3n) is 5.10. The zero-order valence-corrected chi connectivity index (χ0v) is 11.9. The summed E-state index contributed by atoms with van der Waals surface area (Å²) in [7, 11) is 2.05. The summed E-state index contributed by atoms with van der Waals surface area (Å²) in [6, 6.07) is 0. The van der Waals surface area contributed by atoms with Crippen LogP contribution in [0.3, 0.4) is 0 Å². The molecule has 1 heterocycles. The van der Waals surface area contributed by atoms with Crippen LogP contribution in [0.2, 0.25) is 0 Å². The molecule has 1 aromatic rings. The highest BCUT2D eigenvalue weighted by atomic mass is 32.1. The van der Waals surface area contributed by atoms with Gasteiger partial charge in [-0.25, -0.2) is 4.98 Å². The lowest BCUT2D eigenvalue weighted by atomic mass is 9.89. The lowest BCUT2D eigenvalue weighted by molar-refractivity contribution is 0.418. The molecule has 18 heavy (non-hydrogen) atoms. The van der Waals surface area contributed by atoms with Crippen molar-refractivity contribution < 1.29 is 0 Å². The molecule has 2 nitrogen and oxygen atoms in total. The predicted molar refractivity (Wildman–Crippen MR) is 75.0 cm³/mol.